The van der Waals surface area contributed by atoms with Crippen LogP contribution in [0, 0.1) is 6.92 Å². The Morgan fingerprint density at radius 3 is 2.86 bits per heavy atom. The zero-order valence-corrected chi connectivity index (χ0v) is 12.4. The van der Waals surface area contributed by atoms with Crippen molar-refractivity contribution in [3.8, 4) is 0 Å². The molecule has 0 unspecified atom stereocenters. The van der Waals surface area contributed by atoms with Gasteiger partial charge in [-0.15, -0.1) is 0 Å². The van der Waals surface area contributed by atoms with Crippen molar-refractivity contribution in [1.82, 2.24) is 19.3 Å². The minimum atomic E-state index is -0.334. The fourth-order valence-corrected chi connectivity index (χ4v) is 2.49. The lowest BCUT2D eigenvalue weighted by Gasteiger charge is -2.09. The molecule has 3 heterocycles. The second-order valence-corrected chi connectivity index (χ2v) is 5.23. The molecule has 114 valence electrons. The maximum absolute atomic E-state index is 12.4. The van der Waals surface area contributed by atoms with Crippen molar-refractivity contribution in [1.29, 1.82) is 0 Å². The molecule has 0 amide bonds. The molecule has 3 aromatic heterocycles. The second kappa shape index (κ2) is 5.59. The van der Waals surface area contributed by atoms with E-state index in [4.69, 9.17) is 4.52 Å². The molecule has 0 bridgehead atoms. The lowest BCUT2D eigenvalue weighted by atomic mass is 10.2. The van der Waals surface area contributed by atoms with Crippen LogP contribution in [0.1, 0.15) is 17.9 Å². The Morgan fingerprint density at radius 2 is 2.14 bits per heavy atom. The van der Waals surface area contributed by atoms with Gasteiger partial charge in [0.15, 0.2) is 0 Å². The molecule has 0 aliphatic heterocycles. The normalized spacial score (nSPS) is 11.2. The predicted octanol–water partition coefficient (Wildman–Crippen LogP) is 1.02. The lowest BCUT2D eigenvalue weighted by molar-refractivity contribution is 0.373. The van der Waals surface area contributed by atoms with Gasteiger partial charge < -0.3 is 4.52 Å². The Bertz CT molecular complexity index is 936. The molecule has 22 heavy (non-hydrogen) atoms. The van der Waals surface area contributed by atoms with Gasteiger partial charge in [-0.25, -0.2) is 4.79 Å². The average molecular weight is 300 g/mol. The Morgan fingerprint density at radius 1 is 1.32 bits per heavy atom. The van der Waals surface area contributed by atoms with Gasteiger partial charge >= 0.3 is 5.69 Å². The van der Waals surface area contributed by atoms with E-state index in [0.717, 1.165) is 11.5 Å². The van der Waals surface area contributed by atoms with Gasteiger partial charge in [0.05, 0.1) is 22.8 Å². The third-order valence-corrected chi connectivity index (χ3v) is 3.64. The number of rotatable bonds is 4. The van der Waals surface area contributed by atoms with E-state index in [0.29, 0.717) is 30.3 Å². The minimum Gasteiger partial charge on any atom is -0.361 e. The van der Waals surface area contributed by atoms with Crippen molar-refractivity contribution in [2.45, 2.75) is 26.3 Å². The summed E-state index contributed by atoms with van der Waals surface area (Å²) < 4.78 is 7.83. The van der Waals surface area contributed by atoms with Crippen LogP contribution in [0.5, 0.6) is 0 Å². The minimum absolute atomic E-state index is 0.283. The molecule has 7 nitrogen and oxygen atoms in total. The van der Waals surface area contributed by atoms with Crippen LogP contribution in [-0.2, 0) is 20.0 Å². The van der Waals surface area contributed by atoms with Crippen LogP contribution in [0.25, 0.3) is 10.9 Å². The summed E-state index contributed by atoms with van der Waals surface area (Å²) in [6.45, 7) is 2.19. The van der Waals surface area contributed by atoms with E-state index in [-0.39, 0.29) is 11.2 Å². The fourth-order valence-electron chi connectivity index (χ4n) is 2.49. The number of pyridine rings is 1. The number of hydrogen-bond donors (Lipinski definition) is 0. The van der Waals surface area contributed by atoms with Gasteiger partial charge in [0.2, 0.25) is 0 Å². The highest BCUT2D eigenvalue weighted by atomic mass is 16.5. The Balaban J connectivity index is 1.90. The monoisotopic (exact) mass is 300 g/mol. The number of fused-ring (bicyclic) bond motifs is 1. The summed E-state index contributed by atoms with van der Waals surface area (Å²) in [5.74, 6) is 0.757. The van der Waals surface area contributed by atoms with Crippen molar-refractivity contribution in [3.63, 3.8) is 0 Å². The Labute approximate surface area is 125 Å². The van der Waals surface area contributed by atoms with E-state index < -0.39 is 0 Å². The van der Waals surface area contributed by atoms with Crippen LogP contribution in [0.3, 0.4) is 0 Å². The molecule has 3 aromatic rings. The van der Waals surface area contributed by atoms with Crippen molar-refractivity contribution < 1.29 is 4.52 Å². The largest absolute Gasteiger partial charge is 0.361 e. The van der Waals surface area contributed by atoms with Crippen molar-refractivity contribution in [3.05, 3.63) is 56.8 Å². The summed E-state index contributed by atoms with van der Waals surface area (Å²) in [5.41, 5.74) is 0.745. The van der Waals surface area contributed by atoms with E-state index >= 15 is 0 Å². The molecule has 0 saturated heterocycles. The Hall–Kier alpha value is -2.70. The highest BCUT2D eigenvalue weighted by Gasteiger charge is 2.11. The zero-order valence-electron chi connectivity index (χ0n) is 12.4. The third-order valence-electron chi connectivity index (χ3n) is 3.64. The van der Waals surface area contributed by atoms with Crippen LogP contribution in [0.15, 0.2) is 38.6 Å². The third kappa shape index (κ3) is 2.45. The number of aromatic nitrogens is 4. The highest BCUT2D eigenvalue weighted by molar-refractivity contribution is 5.76. The number of nitrogens with zero attached hydrogens (tertiary/aromatic N) is 4. The fraction of sp³-hybridized carbons (Fsp3) is 0.333. The first-order chi connectivity index (χ1) is 10.6. The molecule has 0 aliphatic carbocycles. The van der Waals surface area contributed by atoms with Gasteiger partial charge in [-0.3, -0.25) is 18.9 Å². The maximum atomic E-state index is 12.4. The second-order valence-electron chi connectivity index (χ2n) is 5.23. The summed E-state index contributed by atoms with van der Waals surface area (Å²) in [4.78, 5) is 28.7. The molecule has 0 spiro atoms. The molecular formula is C15H16N4O3. The lowest BCUT2D eigenvalue weighted by Crippen LogP contribution is -2.39. The van der Waals surface area contributed by atoms with Crippen LogP contribution in [0.2, 0.25) is 0 Å². The topological polar surface area (TPSA) is 82.9 Å². The van der Waals surface area contributed by atoms with E-state index in [2.05, 4.69) is 10.1 Å². The molecule has 0 aromatic carbocycles. The smallest absolute Gasteiger partial charge is 0.331 e. The van der Waals surface area contributed by atoms with Crippen LogP contribution in [-0.4, -0.2) is 19.3 Å². The SMILES string of the molecule is Cc1cc(CCCn2c(=O)c3ccncc3n(C)c2=O)on1. The highest BCUT2D eigenvalue weighted by Crippen LogP contribution is 2.07. The zero-order chi connectivity index (χ0) is 15.7. The Kier molecular flexibility index (Phi) is 3.62. The maximum Gasteiger partial charge on any atom is 0.331 e. The van der Waals surface area contributed by atoms with Gasteiger partial charge in [0.1, 0.15) is 5.76 Å². The predicted molar refractivity (Wildman–Crippen MR) is 80.8 cm³/mol. The molecule has 0 fully saturated rings. The van der Waals surface area contributed by atoms with Crippen LogP contribution in [0.4, 0.5) is 0 Å². The summed E-state index contributed by atoms with van der Waals surface area (Å²) >= 11 is 0. The van der Waals surface area contributed by atoms with Crippen LogP contribution >= 0.6 is 0 Å². The molecule has 0 aliphatic rings. The first-order valence-corrected chi connectivity index (χ1v) is 7.03. The number of hydrogen-bond acceptors (Lipinski definition) is 5. The molecule has 7 heteroatoms. The number of aryl methyl sites for hydroxylation is 3. The van der Waals surface area contributed by atoms with E-state index in [9.17, 15) is 9.59 Å². The van der Waals surface area contributed by atoms with E-state index in [1.165, 1.54) is 15.3 Å². The summed E-state index contributed by atoms with van der Waals surface area (Å²) in [6, 6.07) is 3.49. The molecule has 3 rings (SSSR count). The van der Waals surface area contributed by atoms with Gasteiger partial charge in [-0.05, 0) is 19.4 Å². The van der Waals surface area contributed by atoms with Gasteiger partial charge in [-0.1, -0.05) is 5.16 Å². The molecule has 0 saturated carbocycles. The van der Waals surface area contributed by atoms with E-state index in [1.54, 1.807) is 19.3 Å². The quantitative estimate of drug-likeness (QED) is 0.718. The summed E-state index contributed by atoms with van der Waals surface area (Å²) in [7, 11) is 1.64. The first-order valence-electron chi connectivity index (χ1n) is 7.03. The molecule has 0 N–H and O–H groups in total. The average Bonchev–Trinajstić information content (AvgIpc) is 2.94. The summed E-state index contributed by atoms with van der Waals surface area (Å²) in [6.07, 6.45) is 4.33. The van der Waals surface area contributed by atoms with Crippen molar-refractivity contribution in [2.75, 3.05) is 0 Å². The first kappa shape index (κ1) is 14.2. The van der Waals surface area contributed by atoms with Gasteiger partial charge in [-0.2, -0.15) is 0 Å². The van der Waals surface area contributed by atoms with Gasteiger partial charge in [0.25, 0.3) is 5.56 Å². The standard InChI is InChI=1S/C15H16N4O3/c1-10-8-11(22-17-10)4-3-7-19-14(20)12-5-6-16-9-13(12)18(2)15(19)21/h5-6,8-9H,3-4,7H2,1-2H3. The molecule has 0 atom stereocenters. The van der Waals surface area contributed by atoms with Crippen LogP contribution < -0.4 is 11.2 Å². The summed E-state index contributed by atoms with van der Waals surface area (Å²) in [5, 5.41) is 4.31. The van der Waals surface area contributed by atoms with Crippen molar-refractivity contribution in [2.24, 2.45) is 7.05 Å². The van der Waals surface area contributed by atoms with Gasteiger partial charge in [0, 0.05) is 32.3 Å². The van der Waals surface area contributed by atoms with E-state index in [1.807, 2.05) is 13.0 Å². The molecule has 0 radical (unpaired) electrons. The van der Waals surface area contributed by atoms with Crippen molar-refractivity contribution >= 4 is 10.9 Å². The molecular weight excluding hydrogens is 284 g/mol.